The van der Waals surface area contributed by atoms with Gasteiger partial charge in [0, 0.05) is 28.5 Å². The van der Waals surface area contributed by atoms with Crippen molar-refractivity contribution < 1.29 is 13.2 Å². The van der Waals surface area contributed by atoms with Crippen molar-refractivity contribution in [2.24, 2.45) is 0 Å². The van der Waals surface area contributed by atoms with Gasteiger partial charge in [0.15, 0.2) is 0 Å². The maximum Gasteiger partial charge on any atom is 0.263 e. The summed E-state index contributed by atoms with van der Waals surface area (Å²) in [5.41, 5.74) is 2.97. The number of alkyl halides is 2. The van der Waals surface area contributed by atoms with Crippen molar-refractivity contribution in [1.82, 2.24) is 25.0 Å². The number of nitrogens with one attached hydrogen (secondary N) is 2. The quantitative estimate of drug-likeness (QED) is 0.155. The Kier molecular flexibility index (Phi) is 7.86. The first-order valence-electron chi connectivity index (χ1n) is 14.2. The van der Waals surface area contributed by atoms with Gasteiger partial charge < -0.3 is 10.6 Å². The lowest BCUT2D eigenvalue weighted by Crippen LogP contribution is -2.26. The van der Waals surface area contributed by atoms with Gasteiger partial charge in [0.05, 0.1) is 40.1 Å². The van der Waals surface area contributed by atoms with Crippen LogP contribution >= 0.6 is 11.6 Å². The third-order valence-corrected chi connectivity index (χ3v) is 8.41. The molecule has 2 aromatic carbocycles. The fourth-order valence-electron chi connectivity index (χ4n) is 5.49. The number of fused-ring (bicyclic) bond motifs is 1. The van der Waals surface area contributed by atoms with Crippen LogP contribution in [0.5, 0.6) is 0 Å². The van der Waals surface area contributed by atoms with E-state index in [0.717, 1.165) is 12.0 Å². The van der Waals surface area contributed by atoms with Crippen molar-refractivity contribution in [2.75, 3.05) is 10.6 Å². The number of hydrogen-bond acceptors (Lipinski definition) is 7. The zero-order valence-corrected chi connectivity index (χ0v) is 24.7. The van der Waals surface area contributed by atoms with E-state index in [-0.39, 0.29) is 6.04 Å². The van der Waals surface area contributed by atoms with Gasteiger partial charge in [-0.2, -0.15) is 9.65 Å². The Labute approximate surface area is 256 Å². The van der Waals surface area contributed by atoms with Crippen molar-refractivity contribution in [3.63, 3.8) is 0 Å². The Balaban J connectivity index is 1.44. The van der Waals surface area contributed by atoms with Gasteiger partial charge in [-0.1, -0.05) is 60.1 Å². The standard InChI is InChI=1S/C32H28ClF3N8/c1-3-25(19-7-5-4-6-8-19)41-28-20(15-37)16-38-29-23(28)13-21(14-24(29)33)40-30(22-9-10-27(34)39-18(22)2)26-17-44(43-42-26)32(11-12-32)31(35)36/h4-10,13-14,16-17,25,30-31,40H,3,11-12H2,1-2H3,(H,38,41)/t25-,30+/m1/s1. The lowest BCUT2D eigenvalue weighted by atomic mass is 10.0. The molecule has 8 nitrogen and oxygen atoms in total. The van der Waals surface area contributed by atoms with E-state index in [1.165, 1.54) is 23.1 Å². The molecule has 0 unspecified atom stereocenters. The van der Waals surface area contributed by atoms with Crippen LogP contribution in [0.15, 0.2) is 67.0 Å². The Hall–Kier alpha value is -4.69. The minimum atomic E-state index is -2.59. The number of pyridine rings is 2. The van der Waals surface area contributed by atoms with Crippen LogP contribution in [0.2, 0.25) is 5.02 Å². The molecule has 2 atom stereocenters. The van der Waals surface area contributed by atoms with Crippen LogP contribution in [0, 0.1) is 24.2 Å². The van der Waals surface area contributed by atoms with Crippen LogP contribution < -0.4 is 10.6 Å². The second-order valence-electron chi connectivity index (χ2n) is 10.9. The van der Waals surface area contributed by atoms with E-state index in [9.17, 15) is 18.4 Å². The highest BCUT2D eigenvalue weighted by atomic mass is 35.5. The zero-order valence-electron chi connectivity index (χ0n) is 23.9. The summed E-state index contributed by atoms with van der Waals surface area (Å²) < 4.78 is 42.9. The molecule has 1 aliphatic carbocycles. The van der Waals surface area contributed by atoms with E-state index in [2.05, 4.69) is 43.9 Å². The van der Waals surface area contributed by atoms with Gasteiger partial charge in [0.1, 0.15) is 17.3 Å². The summed E-state index contributed by atoms with van der Waals surface area (Å²) >= 11 is 6.76. The van der Waals surface area contributed by atoms with Crippen molar-refractivity contribution in [3.05, 3.63) is 106 Å². The third-order valence-electron chi connectivity index (χ3n) is 8.12. The Morgan fingerprint density at radius 2 is 1.89 bits per heavy atom. The largest absolute Gasteiger partial charge is 0.377 e. The molecule has 1 fully saturated rings. The van der Waals surface area contributed by atoms with Gasteiger partial charge in [-0.3, -0.25) is 4.98 Å². The second-order valence-corrected chi connectivity index (χ2v) is 11.3. The summed E-state index contributed by atoms with van der Waals surface area (Å²) in [6.45, 7) is 3.71. The predicted molar refractivity (Wildman–Crippen MR) is 162 cm³/mol. The SMILES string of the molecule is CC[C@@H](Nc1c(C#N)cnc2c(Cl)cc(N[C@H](c3cn(C4(C(F)F)CC4)nn3)c3ccc(F)nc3C)cc12)c1ccccc1. The first-order chi connectivity index (χ1) is 21.2. The van der Waals surface area contributed by atoms with Crippen LogP contribution in [0.4, 0.5) is 24.5 Å². The van der Waals surface area contributed by atoms with Gasteiger partial charge in [-0.15, -0.1) is 5.10 Å². The average molecular weight is 617 g/mol. The molecule has 3 aromatic heterocycles. The molecule has 0 radical (unpaired) electrons. The number of aromatic nitrogens is 5. The molecule has 0 spiro atoms. The van der Waals surface area contributed by atoms with Crippen molar-refractivity contribution in [1.29, 1.82) is 5.26 Å². The van der Waals surface area contributed by atoms with E-state index < -0.39 is 24.0 Å². The fraction of sp³-hybridized carbons (Fsp3) is 0.281. The monoisotopic (exact) mass is 616 g/mol. The normalized spacial score (nSPS) is 15.1. The average Bonchev–Trinajstić information content (AvgIpc) is 3.69. The van der Waals surface area contributed by atoms with Crippen molar-refractivity contribution >= 4 is 33.9 Å². The molecule has 6 rings (SSSR count). The molecule has 2 N–H and O–H groups in total. The Morgan fingerprint density at radius 3 is 2.55 bits per heavy atom. The molecule has 12 heteroatoms. The van der Waals surface area contributed by atoms with E-state index in [1.54, 1.807) is 19.1 Å². The highest BCUT2D eigenvalue weighted by Gasteiger charge is 2.54. The number of halogens is 4. The Bertz CT molecular complexity index is 1870. The smallest absolute Gasteiger partial charge is 0.263 e. The molecule has 0 amide bonds. The van der Waals surface area contributed by atoms with Gasteiger partial charge in [0.25, 0.3) is 6.43 Å². The van der Waals surface area contributed by atoms with Crippen molar-refractivity contribution in [3.8, 4) is 6.07 Å². The Morgan fingerprint density at radius 1 is 1.11 bits per heavy atom. The first kappa shape index (κ1) is 29.4. The lowest BCUT2D eigenvalue weighted by molar-refractivity contribution is 0.0593. The van der Waals surface area contributed by atoms with Gasteiger partial charge >= 0.3 is 0 Å². The van der Waals surface area contributed by atoms with Gasteiger partial charge in [-0.05, 0) is 49.9 Å². The van der Waals surface area contributed by atoms with E-state index in [4.69, 9.17) is 11.6 Å². The first-order valence-corrected chi connectivity index (χ1v) is 14.6. The van der Waals surface area contributed by atoms with Crippen LogP contribution in [-0.2, 0) is 5.54 Å². The highest BCUT2D eigenvalue weighted by molar-refractivity contribution is 6.35. The summed E-state index contributed by atoms with van der Waals surface area (Å²) in [6, 6.07) is 17.6. The summed E-state index contributed by atoms with van der Waals surface area (Å²) in [4.78, 5) is 8.43. The number of nitriles is 1. The highest BCUT2D eigenvalue weighted by Crippen LogP contribution is 2.48. The second kappa shape index (κ2) is 11.8. The molecule has 1 saturated carbocycles. The molecule has 1 aliphatic rings. The number of nitrogens with zero attached hydrogens (tertiary/aromatic N) is 6. The lowest BCUT2D eigenvalue weighted by Gasteiger charge is -2.23. The molecule has 3 heterocycles. The van der Waals surface area contributed by atoms with E-state index in [1.807, 2.05) is 36.4 Å². The molecular formula is C32H28ClF3N8. The minimum absolute atomic E-state index is 0.0930. The van der Waals surface area contributed by atoms with Gasteiger partial charge in [0.2, 0.25) is 5.95 Å². The molecular weight excluding hydrogens is 589 g/mol. The molecule has 224 valence electrons. The number of benzene rings is 2. The predicted octanol–water partition coefficient (Wildman–Crippen LogP) is 7.71. The molecule has 44 heavy (non-hydrogen) atoms. The third kappa shape index (κ3) is 5.42. The minimum Gasteiger partial charge on any atom is -0.377 e. The summed E-state index contributed by atoms with van der Waals surface area (Å²) in [7, 11) is 0. The maximum atomic E-state index is 14.0. The van der Waals surface area contributed by atoms with Crippen LogP contribution in [0.3, 0.4) is 0 Å². The number of aryl methyl sites for hydroxylation is 1. The van der Waals surface area contributed by atoms with Crippen molar-refractivity contribution in [2.45, 2.75) is 57.2 Å². The number of anilines is 2. The molecule has 0 aliphatic heterocycles. The number of hydrogen-bond donors (Lipinski definition) is 2. The summed E-state index contributed by atoms with van der Waals surface area (Å²) in [5, 5.41) is 26.2. The van der Waals surface area contributed by atoms with Crippen LogP contribution in [0.25, 0.3) is 10.9 Å². The molecule has 0 bridgehead atoms. The van der Waals surface area contributed by atoms with E-state index >= 15 is 0 Å². The maximum absolute atomic E-state index is 14.0. The number of rotatable bonds is 10. The zero-order chi connectivity index (χ0) is 31.0. The fourth-order valence-corrected chi connectivity index (χ4v) is 5.76. The molecule has 0 saturated heterocycles. The van der Waals surface area contributed by atoms with E-state index in [0.29, 0.717) is 62.7 Å². The topological polar surface area (TPSA) is 104 Å². The summed E-state index contributed by atoms with van der Waals surface area (Å²) in [5.74, 6) is -0.647. The van der Waals surface area contributed by atoms with Crippen LogP contribution in [0.1, 0.15) is 66.3 Å². The summed E-state index contributed by atoms with van der Waals surface area (Å²) in [6.07, 6.45) is 1.75. The van der Waals surface area contributed by atoms with Gasteiger partial charge in [-0.25, -0.2) is 18.4 Å². The molecule has 5 aromatic rings. The van der Waals surface area contributed by atoms with Crippen LogP contribution in [-0.4, -0.2) is 31.4 Å².